The molecule has 0 bridgehead atoms. The topological polar surface area (TPSA) is 58.6 Å². The molecule has 0 aliphatic heterocycles. The molecule has 3 aromatic carbocycles. The number of nitrogens with one attached hydrogen (secondary N) is 1. The maximum atomic E-state index is 13.8. The van der Waals surface area contributed by atoms with E-state index in [0.717, 1.165) is 34.0 Å². The zero-order chi connectivity index (χ0) is 28.4. The van der Waals surface area contributed by atoms with Crippen molar-refractivity contribution in [3.8, 4) is 5.75 Å². The van der Waals surface area contributed by atoms with Crippen LogP contribution in [-0.2, 0) is 28.0 Å². The van der Waals surface area contributed by atoms with Gasteiger partial charge in [-0.3, -0.25) is 9.59 Å². The second-order valence-corrected chi connectivity index (χ2v) is 11.9. The number of benzene rings is 3. The summed E-state index contributed by atoms with van der Waals surface area (Å²) in [5.74, 6) is 0.0813. The number of carbonyl (C=O) groups is 2. The Morgan fingerprint density at radius 3 is 2.36 bits per heavy atom. The Balaban J connectivity index is 1.90. The number of hydrogen-bond donors (Lipinski definition) is 1. The third kappa shape index (κ3) is 9.11. The molecule has 39 heavy (non-hydrogen) atoms. The molecule has 1 N–H and O–H groups in total. The highest BCUT2D eigenvalue weighted by atomic mass is 79.9. The predicted molar refractivity (Wildman–Crippen MR) is 162 cm³/mol. The molecule has 7 heteroatoms. The molecule has 0 aliphatic carbocycles. The van der Waals surface area contributed by atoms with Gasteiger partial charge in [0.25, 0.3) is 5.91 Å². The van der Waals surface area contributed by atoms with Gasteiger partial charge in [-0.1, -0.05) is 100 Å². The molecule has 2 amide bonds. The van der Waals surface area contributed by atoms with E-state index in [1.165, 1.54) is 0 Å². The zero-order valence-electron chi connectivity index (χ0n) is 23.2. The van der Waals surface area contributed by atoms with E-state index in [9.17, 15) is 9.59 Å². The van der Waals surface area contributed by atoms with Gasteiger partial charge in [0.05, 0.1) is 4.47 Å². The number of unbranched alkanes of at least 4 members (excludes halogenated alkanes) is 1. The molecule has 0 radical (unpaired) electrons. The third-order valence-corrected chi connectivity index (χ3v) is 7.54. The molecule has 0 saturated heterocycles. The lowest BCUT2D eigenvalue weighted by molar-refractivity contribution is -0.142. The van der Waals surface area contributed by atoms with Gasteiger partial charge in [-0.15, -0.1) is 0 Å². The molecule has 5 nitrogen and oxygen atoms in total. The molecule has 3 rings (SSSR count). The van der Waals surface area contributed by atoms with Crippen molar-refractivity contribution in [2.24, 2.45) is 0 Å². The van der Waals surface area contributed by atoms with Crippen LogP contribution in [0, 0.1) is 0 Å². The fraction of sp³-hybridized carbons (Fsp3) is 0.375. The normalized spacial score (nSPS) is 12.1. The summed E-state index contributed by atoms with van der Waals surface area (Å²) in [6, 6.07) is 22.3. The van der Waals surface area contributed by atoms with Crippen molar-refractivity contribution < 1.29 is 14.3 Å². The van der Waals surface area contributed by atoms with Gasteiger partial charge in [-0.2, -0.15) is 0 Å². The highest BCUT2D eigenvalue weighted by Gasteiger charge is 2.31. The fourth-order valence-corrected chi connectivity index (χ4v) is 4.87. The van der Waals surface area contributed by atoms with Crippen molar-refractivity contribution in [1.29, 1.82) is 0 Å². The van der Waals surface area contributed by atoms with Crippen molar-refractivity contribution in [1.82, 2.24) is 10.2 Å². The van der Waals surface area contributed by atoms with Crippen LogP contribution >= 0.6 is 27.5 Å². The van der Waals surface area contributed by atoms with Crippen LogP contribution in [0.15, 0.2) is 77.3 Å². The molecule has 0 heterocycles. The Kier molecular flexibility index (Phi) is 11.4. The van der Waals surface area contributed by atoms with Crippen LogP contribution in [-0.4, -0.2) is 35.9 Å². The molecule has 1 atom stereocenters. The monoisotopic (exact) mass is 612 g/mol. The summed E-state index contributed by atoms with van der Waals surface area (Å²) in [5.41, 5.74) is 2.87. The highest BCUT2D eigenvalue weighted by Crippen LogP contribution is 2.31. The first kappa shape index (κ1) is 30.7. The SMILES string of the molecule is CCCCNC(=O)C(Cc1ccccc1)N(Cc1ccccc1Cl)C(=O)COc1ccc(C(C)(C)C)cc1Br. The molecule has 0 aromatic heterocycles. The number of halogens is 2. The van der Waals surface area contributed by atoms with Gasteiger partial charge in [0.2, 0.25) is 5.91 Å². The van der Waals surface area contributed by atoms with E-state index in [1.54, 1.807) is 11.0 Å². The summed E-state index contributed by atoms with van der Waals surface area (Å²) in [6.07, 6.45) is 2.20. The molecule has 0 aliphatic rings. The number of ether oxygens (including phenoxy) is 1. The van der Waals surface area contributed by atoms with Gasteiger partial charge in [-0.05, 0) is 62.7 Å². The first-order chi connectivity index (χ1) is 18.6. The summed E-state index contributed by atoms with van der Waals surface area (Å²) in [7, 11) is 0. The van der Waals surface area contributed by atoms with Crippen molar-refractivity contribution in [2.45, 2.75) is 65.0 Å². The molecule has 3 aromatic rings. The highest BCUT2D eigenvalue weighted by molar-refractivity contribution is 9.10. The Hall–Kier alpha value is -2.83. The third-order valence-electron chi connectivity index (χ3n) is 6.55. The van der Waals surface area contributed by atoms with Crippen molar-refractivity contribution in [2.75, 3.05) is 13.2 Å². The first-order valence-electron chi connectivity index (χ1n) is 13.4. The van der Waals surface area contributed by atoms with Crippen LogP contribution in [0.25, 0.3) is 0 Å². The van der Waals surface area contributed by atoms with Crippen LogP contribution in [0.1, 0.15) is 57.2 Å². The van der Waals surface area contributed by atoms with E-state index >= 15 is 0 Å². The van der Waals surface area contributed by atoms with E-state index in [4.69, 9.17) is 16.3 Å². The molecule has 208 valence electrons. The lowest BCUT2D eigenvalue weighted by atomic mass is 9.87. The molecule has 0 saturated carbocycles. The van der Waals surface area contributed by atoms with Crippen LogP contribution < -0.4 is 10.1 Å². The van der Waals surface area contributed by atoms with Gasteiger partial charge in [0.1, 0.15) is 11.8 Å². The van der Waals surface area contributed by atoms with E-state index in [2.05, 4.69) is 48.9 Å². The van der Waals surface area contributed by atoms with Gasteiger partial charge in [-0.25, -0.2) is 0 Å². The second-order valence-electron chi connectivity index (χ2n) is 10.6. The standard InChI is InChI=1S/C32H38BrClN2O3/c1-5-6-18-35-31(38)28(19-23-12-8-7-9-13-23)36(21-24-14-10-11-15-27(24)34)30(37)22-39-29-17-16-25(20-26(29)33)32(2,3)4/h7-17,20,28H,5-6,18-19,21-22H2,1-4H3,(H,35,38). The maximum Gasteiger partial charge on any atom is 0.261 e. The maximum absolute atomic E-state index is 13.8. The average Bonchev–Trinajstić information content (AvgIpc) is 2.91. The number of amides is 2. The van der Waals surface area contributed by atoms with E-state index in [1.807, 2.05) is 66.7 Å². The summed E-state index contributed by atoms with van der Waals surface area (Å²) in [5, 5.41) is 3.57. The quantitative estimate of drug-likeness (QED) is 0.218. The lowest BCUT2D eigenvalue weighted by Gasteiger charge is -2.32. The minimum atomic E-state index is -0.733. The minimum absolute atomic E-state index is 0.0155. The van der Waals surface area contributed by atoms with Crippen LogP contribution in [0.2, 0.25) is 5.02 Å². The summed E-state index contributed by atoms with van der Waals surface area (Å²) >= 11 is 10.1. The smallest absolute Gasteiger partial charge is 0.261 e. The van der Waals surface area contributed by atoms with Crippen molar-refractivity contribution in [3.63, 3.8) is 0 Å². The number of hydrogen-bond acceptors (Lipinski definition) is 3. The number of carbonyl (C=O) groups excluding carboxylic acids is 2. The first-order valence-corrected chi connectivity index (χ1v) is 14.5. The van der Waals surface area contributed by atoms with E-state index in [0.29, 0.717) is 23.7 Å². The molecule has 0 spiro atoms. The Labute approximate surface area is 246 Å². The lowest BCUT2D eigenvalue weighted by Crippen LogP contribution is -2.51. The fourth-order valence-electron chi connectivity index (χ4n) is 4.18. The largest absolute Gasteiger partial charge is 0.483 e. The number of nitrogens with zero attached hydrogens (tertiary/aromatic N) is 1. The van der Waals surface area contributed by atoms with E-state index in [-0.39, 0.29) is 30.4 Å². The van der Waals surface area contributed by atoms with Gasteiger partial charge >= 0.3 is 0 Å². The average molecular weight is 614 g/mol. The van der Waals surface area contributed by atoms with Crippen LogP contribution in [0.5, 0.6) is 5.75 Å². The van der Waals surface area contributed by atoms with Crippen LogP contribution in [0.4, 0.5) is 0 Å². The molecule has 0 fully saturated rings. The van der Waals surface area contributed by atoms with Gasteiger partial charge < -0.3 is 15.0 Å². The summed E-state index contributed by atoms with van der Waals surface area (Å²) < 4.78 is 6.77. The van der Waals surface area contributed by atoms with Gasteiger partial charge in [0.15, 0.2) is 6.61 Å². The van der Waals surface area contributed by atoms with E-state index < -0.39 is 6.04 Å². The summed E-state index contributed by atoms with van der Waals surface area (Å²) in [4.78, 5) is 28.9. The Bertz CT molecular complexity index is 1240. The molecule has 1 unspecified atom stereocenters. The minimum Gasteiger partial charge on any atom is -0.483 e. The Morgan fingerprint density at radius 2 is 1.72 bits per heavy atom. The van der Waals surface area contributed by atoms with Gasteiger partial charge in [0, 0.05) is 24.5 Å². The van der Waals surface area contributed by atoms with Crippen molar-refractivity contribution >= 4 is 39.3 Å². The van der Waals surface area contributed by atoms with Crippen LogP contribution in [0.3, 0.4) is 0 Å². The second kappa shape index (κ2) is 14.5. The molecular weight excluding hydrogens is 576 g/mol. The molecular formula is C32H38BrClN2O3. The van der Waals surface area contributed by atoms with Crippen molar-refractivity contribution in [3.05, 3.63) is 99.0 Å². The summed E-state index contributed by atoms with van der Waals surface area (Å²) in [6.45, 7) is 9.02. The number of rotatable bonds is 12. The predicted octanol–water partition coefficient (Wildman–Crippen LogP) is 7.34. The Morgan fingerprint density at radius 1 is 1.03 bits per heavy atom. The zero-order valence-corrected chi connectivity index (χ0v) is 25.5.